The van der Waals surface area contributed by atoms with E-state index in [-0.39, 0.29) is 12.0 Å². The third-order valence-electron chi connectivity index (χ3n) is 3.55. The Morgan fingerprint density at radius 3 is 2.46 bits per heavy atom. The second-order valence-electron chi connectivity index (χ2n) is 6.17. The minimum absolute atomic E-state index is 0.124. The van der Waals surface area contributed by atoms with Gasteiger partial charge in [-0.15, -0.1) is 0 Å². The Balaban J connectivity index is 1.82. The van der Waals surface area contributed by atoms with Crippen LogP contribution in [0.25, 0.3) is 11.4 Å². The van der Waals surface area contributed by atoms with Crippen molar-refractivity contribution in [3.05, 3.63) is 36.2 Å². The molecule has 3 rings (SSSR count). The highest BCUT2D eigenvalue weighted by Gasteiger charge is 2.24. The highest BCUT2D eigenvalue weighted by molar-refractivity contribution is 7.09. The monoisotopic (exact) mass is 344 g/mol. The van der Waals surface area contributed by atoms with Gasteiger partial charge < -0.3 is 9.84 Å². The molecule has 0 aromatic carbocycles. The summed E-state index contributed by atoms with van der Waals surface area (Å²) in [5.41, 5.74) is 0.875. The van der Waals surface area contributed by atoms with Gasteiger partial charge in [-0.05, 0) is 18.1 Å². The first-order chi connectivity index (χ1) is 11.5. The molecule has 3 aromatic rings. The van der Waals surface area contributed by atoms with Crippen molar-refractivity contribution in [2.24, 2.45) is 5.92 Å². The van der Waals surface area contributed by atoms with Crippen molar-refractivity contribution in [3.8, 4) is 11.4 Å². The molecule has 0 aliphatic carbocycles. The van der Waals surface area contributed by atoms with Crippen molar-refractivity contribution in [2.45, 2.75) is 39.7 Å². The summed E-state index contributed by atoms with van der Waals surface area (Å²) >= 11 is 1.35. The SMILES string of the molecule is CC(C)c1nsc(NC(c2nc(-c3ccncc3)no2)C(C)C)n1. The van der Waals surface area contributed by atoms with Crippen LogP contribution in [0.2, 0.25) is 0 Å². The molecule has 1 atom stereocenters. The quantitative estimate of drug-likeness (QED) is 0.725. The molecule has 3 heterocycles. The number of nitrogens with zero attached hydrogens (tertiary/aromatic N) is 5. The van der Waals surface area contributed by atoms with Crippen molar-refractivity contribution >= 4 is 16.7 Å². The van der Waals surface area contributed by atoms with Gasteiger partial charge in [-0.25, -0.2) is 4.98 Å². The van der Waals surface area contributed by atoms with Crippen LogP contribution in [-0.4, -0.2) is 24.5 Å². The molecule has 8 heteroatoms. The van der Waals surface area contributed by atoms with Gasteiger partial charge in [0.15, 0.2) is 0 Å². The van der Waals surface area contributed by atoms with Gasteiger partial charge in [-0.3, -0.25) is 4.98 Å². The lowest BCUT2D eigenvalue weighted by molar-refractivity contribution is 0.336. The summed E-state index contributed by atoms with van der Waals surface area (Å²) in [4.78, 5) is 13.1. The van der Waals surface area contributed by atoms with E-state index < -0.39 is 0 Å². The molecule has 0 bridgehead atoms. The van der Waals surface area contributed by atoms with E-state index in [0.29, 0.717) is 17.6 Å². The zero-order valence-electron chi connectivity index (χ0n) is 14.1. The van der Waals surface area contributed by atoms with Crippen LogP contribution in [-0.2, 0) is 0 Å². The standard InChI is InChI=1S/C16H20N6OS/c1-9(2)12(18-16-20-13(10(3)4)22-24-16)15-19-14(21-23-15)11-5-7-17-8-6-11/h5-10,12H,1-4H3,(H,18,20,22). The smallest absolute Gasteiger partial charge is 0.249 e. The average Bonchev–Trinajstić information content (AvgIpc) is 3.23. The molecule has 3 aromatic heterocycles. The third-order valence-corrected chi connectivity index (χ3v) is 4.21. The normalized spacial score (nSPS) is 12.8. The number of rotatable bonds is 6. The number of aromatic nitrogens is 5. The summed E-state index contributed by atoms with van der Waals surface area (Å²) in [7, 11) is 0. The van der Waals surface area contributed by atoms with E-state index in [2.05, 4.69) is 57.5 Å². The van der Waals surface area contributed by atoms with E-state index in [9.17, 15) is 0 Å². The topological polar surface area (TPSA) is 89.6 Å². The Morgan fingerprint density at radius 2 is 1.83 bits per heavy atom. The van der Waals surface area contributed by atoms with Crippen LogP contribution in [0.15, 0.2) is 29.0 Å². The van der Waals surface area contributed by atoms with E-state index in [0.717, 1.165) is 16.5 Å². The van der Waals surface area contributed by atoms with Crippen molar-refractivity contribution in [1.29, 1.82) is 0 Å². The van der Waals surface area contributed by atoms with E-state index in [4.69, 9.17) is 4.52 Å². The van der Waals surface area contributed by atoms with Gasteiger partial charge in [0.05, 0.1) is 0 Å². The third kappa shape index (κ3) is 3.59. The molecule has 0 fully saturated rings. The first kappa shape index (κ1) is 16.5. The van der Waals surface area contributed by atoms with Gasteiger partial charge in [0.1, 0.15) is 11.9 Å². The van der Waals surface area contributed by atoms with Gasteiger partial charge in [0.25, 0.3) is 0 Å². The zero-order valence-corrected chi connectivity index (χ0v) is 14.9. The van der Waals surface area contributed by atoms with E-state index in [1.807, 2.05) is 12.1 Å². The predicted molar refractivity (Wildman–Crippen MR) is 92.7 cm³/mol. The van der Waals surface area contributed by atoms with Gasteiger partial charge in [-0.1, -0.05) is 32.9 Å². The van der Waals surface area contributed by atoms with Crippen LogP contribution in [0.3, 0.4) is 0 Å². The molecule has 0 saturated heterocycles. The van der Waals surface area contributed by atoms with E-state index in [1.165, 1.54) is 11.5 Å². The lowest BCUT2D eigenvalue weighted by atomic mass is 10.0. The molecule has 1 N–H and O–H groups in total. The molecule has 0 radical (unpaired) electrons. The average molecular weight is 344 g/mol. The number of hydrogen-bond acceptors (Lipinski definition) is 8. The summed E-state index contributed by atoms with van der Waals surface area (Å²) < 4.78 is 9.85. The predicted octanol–water partition coefficient (Wildman–Crippen LogP) is 3.92. The van der Waals surface area contributed by atoms with Crippen LogP contribution in [0.1, 0.15) is 51.4 Å². The highest BCUT2D eigenvalue weighted by atomic mass is 32.1. The molecule has 0 aliphatic heterocycles. The minimum Gasteiger partial charge on any atom is -0.348 e. The Morgan fingerprint density at radius 1 is 1.08 bits per heavy atom. The molecule has 126 valence electrons. The van der Waals surface area contributed by atoms with Gasteiger partial charge >= 0.3 is 0 Å². The highest BCUT2D eigenvalue weighted by Crippen LogP contribution is 2.28. The maximum atomic E-state index is 5.48. The summed E-state index contributed by atoms with van der Waals surface area (Å²) in [6.07, 6.45) is 3.41. The van der Waals surface area contributed by atoms with Crippen LogP contribution >= 0.6 is 11.5 Å². The molecule has 0 amide bonds. The van der Waals surface area contributed by atoms with Gasteiger partial charge in [0, 0.05) is 35.4 Å². The minimum atomic E-state index is -0.124. The maximum absolute atomic E-state index is 5.48. The molecular formula is C16H20N6OS. The van der Waals surface area contributed by atoms with E-state index in [1.54, 1.807) is 12.4 Å². The first-order valence-electron chi connectivity index (χ1n) is 7.88. The lowest BCUT2D eigenvalue weighted by Crippen LogP contribution is -2.17. The van der Waals surface area contributed by atoms with Crippen LogP contribution < -0.4 is 5.32 Å². The number of anilines is 1. The lowest BCUT2D eigenvalue weighted by Gasteiger charge is -2.17. The van der Waals surface area contributed by atoms with Crippen molar-refractivity contribution in [1.82, 2.24) is 24.5 Å². The fourth-order valence-electron chi connectivity index (χ4n) is 2.15. The fraction of sp³-hybridized carbons (Fsp3) is 0.438. The largest absolute Gasteiger partial charge is 0.348 e. The second kappa shape index (κ2) is 7.04. The molecule has 0 saturated carbocycles. The van der Waals surface area contributed by atoms with Crippen LogP contribution in [0, 0.1) is 5.92 Å². The summed E-state index contributed by atoms with van der Waals surface area (Å²) in [6, 6.07) is 3.58. The zero-order chi connectivity index (χ0) is 17.1. The number of hydrogen-bond donors (Lipinski definition) is 1. The van der Waals surface area contributed by atoms with Gasteiger partial charge in [-0.2, -0.15) is 9.36 Å². The summed E-state index contributed by atoms with van der Waals surface area (Å²) in [5, 5.41) is 8.21. The number of pyridine rings is 1. The van der Waals surface area contributed by atoms with Gasteiger partial charge in [0.2, 0.25) is 16.8 Å². The maximum Gasteiger partial charge on any atom is 0.249 e. The second-order valence-corrected chi connectivity index (χ2v) is 6.92. The van der Waals surface area contributed by atoms with Crippen LogP contribution in [0.5, 0.6) is 0 Å². The van der Waals surface area contributed by atoms with Crippen molar-refractivity contribution in [3.63, 3.8) is 0 Å². The van der Waals surface area contributed by atoms with Crippen LogP contribution in [0.4, 0.5) is 5.13 Å². The molecule has 24 heavy (non-hydrogen) atoms. The Kier molecular flexibility index (Phi) is 4.84. The molecule has 0 aliphatic rings. The summed E-state index contributed by atoms with van der Waals surface area (Å²) in [5.74, 6) is 2.49. The fourth-order valence-corrected chi connectivity index (χ4v) is 2.90. The Bertz CT molecular complexity index is 783. The van der Waals surface area contributed by atoms with Crippen molar-refractivity contribution in [2.75, 3.05) is 5.32 Å². The Hall–Kier alpha value is -2.35. The molecular weight excluding hydrogens is 324 g/mol. The Labute approximate surface area is 144 Å². The molecule has 7 nitrogen and oxygen atoms in total. The molecule has 1 unspecified atom stereocenters. The van der Waals surface area contributed by atoms with E-state index >= 15 is 0 Å². The molecule has 0 spiro atoms. The summed E-state index contributed by atoms with van der Waals surface area (Å²) in [6.45, 7) is 8.34. The number of nitrogens with one attached hydrogen (secondary N) is 1. The van der Waals surface area contributed by atoms with Crippen molar-refractivity contribution < 1.29 is 4.52 Å². The first-order valence-corrected chi connectivity index (χ1v) is 8.66.